The quantitative estimate of drug-likeness (QED) is 0.610. The van der Waals surface area contributed by atoms with Gasteiger partial charge in [-0.05, 0) is 19.8 Å². The molecule has 0 radical (unpaired) electrons. The Morgan fingerprint density at radius 2 is 2.10 bits per heavy atom. The topological polar surface area (TPSA) is 79.3 Å². The van der Waals surface area contributed by atoms with Crippen LogP contribution in [0.4, 0.5) is 0 Å². The molecule has 0 aromatic carbocycles. The van der Waals surface area contributed by atoms with Crippen molar-refractivity contribution >= 4 is 35.0 Å². The molecule has 0 saturated carbocycles. The van der Waals surface area contributed by atoms with E-state index in [2.05, 4.69) is 10.3 Å². The molecule has 1 aromatic heterocycles. The van der Waals surface area contributed by atoms with E-state index in [0.29, 0.717) is 18.7 Å². The Labute approximate surface area is 133 Å². The molecular weight excluding hydrogens is 308 g/mol. The number of carbonyl (C=O) groups is 2. The third-order valence-electron chi connectivity index (χ3n) is 2.79. The van der Waals surface area contributed by atoms with Crippen LogP contribution in [-0.2, 0) is 15.3 Å². The third kappa shape index (κ3) is 9.47. The molecule has 1 heterocycles. The predicted octanol–water partition coefficient (Wildman–Crippen LogP) is 2.84. The molecule has 0 aliphatic rings. The number of carboxylic acids is 1. The van der Waals surface area contributed by atoms with Gasteiger partial charge in [0.05, 0.1) is 16.5 Å². The maximum absolute atomic E-state index is 11.6. The number of hydrogen-bond donors (Lipinski definition) is 2. The molecule has 1 aromatic rings. The average Bonchev–Trinajstić information content (AvgIpc) is 2.83. The summed E-state index contributed by atoms with van der Waals surface area (Å²) < 4.78 is 0. The molecule has 0 atom stereocenters. The Hall–Kier alpha value is -1.08. The second-order valence-corrected chi connectivity index (χ2v) is 6.81. The third-order valence-corrected chi connectivity index (χ3v) is 4.58. The molecule has 7 heteroatoms. The highest BCUT2D eigenvalue weighted by Crippen LogP contribution is 2.14. The summed E-state index contributed by atoms with van der Waals surface area (Å²) in [6, 6.07) is 0. The summed E-state index contributed by atoms with van der Waals surface area (Å²) in [5.74, 6) is 0.538. The smallest absolute Gasteiger partial charge is 0.303 e. The highest BCUT2D eigenvalue weighted by atomic mass is 32.2. The molecule has 5 nitrogen and oxygen atoms in total. The van der Waals surface area contributed by atoms with E-state index in [1.165, 1.54) is 0 Å². The van der Waals surface area contributed by atoms with E-state index in [1.54, 1.807) is 23.1 Å². The molecule has 0 unspecified atom stereocenters. The maximum Gasteiger partial charge on any atom is 0.303 e. The molecule has 1 rings (SSSR count). The molecule has 0 aliphatic carbocycles. The van der Waals surface area contributed by atoms with Crippen LogP contribution in [0.15, 0.2) is 5.38 Å². The summed E-state index contributed by atoms with van der Waals surface area (Å²) in [4.78, 5) is 26.3. The summed E-state index contributed by atoms with van der Waals surface area (Å²) >= 11 is 3.20. The van der Waals surface area contributed by atoms with Gasteiger partial charge in [-0.3, -0.25) is 9.59 Å². The summed E-state index contributed by atoms with van der Waals surface area (Å²) in [7, 11) is 0. The van der Waals surface area contributed by atoms with E-state index in [-0.39, 0.29) is 12.3 Å². The van der Waals surface area contributed by atoms with Crippen LogP contribution in [0.1, 0.15) is 42.8 Å². The zero-order valence-electron chi connectivity index (χ0n) is 12.3. The van der Waals surface area contributed by atoms with E-state index in [1.807, 2.05) is 12.3 Å². The number of aryl methyl sites for hydroxylation is 1. The van der Waals surface area contributed by atoms with Crippen LogP contribution in [0, 0.1) is 6.92 Å². The number of hydrogen-bond acceptors (Lipinski definition) is 5. The van der Waals surface area contributed by atoms with Gasteiger partial charge < -0.3 is 10.4 Å². The number of aliphatic carboxylic acids is 1. The first-order valence-electron chi connectivity index (χ1n) is 7.05. The second-order valence-electron chi connectivity index (χ2n) is 4.76. The molecule has 0 spiro atoms. The largest absolute Gasteiger partial charge is 0.481 e. The van der Waals surface area contributed by atoms with Crippen LogP contribution in [0.2, 0.25) is 0 Å². The fourth-order valence-electron chi connectivity index (χ4n) is 1.76. The minimum atomic E-state index is -0.740. The monoisotopic (exact) mass is 330 g/mol. The van der Waals surface area contributed by atoms with Crippen molar-refractivity contribution in [3.63, 3.8) is 0 Å². The van der Waals surface area contributed by atoms with Crippen molar-refractivity contribution in [2.75, 3.05) is 12.3 Å². The van der Waals surface area contributed by atoms with Crippen LogP contribution >= 0.6 is 23.1 Å². The number of nitrogens with zero attached hydrogens (tertiary/aromatic N) is 1. The minimum Gasteiger partial charge on any atom is -0.481 e. The van der Waals surface area contributed by atoms with Crippen molar-refractivity contribution in [2.45, 2.75) is 44.8 Å². The van der Waals surface area contributed by atoms with Gasteiger partial charge >= 0.3 is 5.97 Å². The van der Waals surface area contributed by atoms with Crippen molar-refractivity contribution in [3.05, 3.63) is 16.1 Å². The standard InChI is InChI=1S/C14H22N2O3S2/c1-11-16-12(9-21-11)8-20-10-13(17)15-7-5-3-2-4-6-14(18)19/h9H,2-8,10H2,1H3,(H,15,17)(H,18,19). The zero-order chi connectivity index (χ0) is 15.5. The van der Waals surface area contributed by atoms with Crippen LogP contribution in [0.5, 0.6) is 0 Å². The predicted molar refractivity (Wildman–Crippen MR) is 86.7 cm³/mol. The van der Waals surface area contributed by atoms with Crippen molar-refractivity contribution in [3.8, 4) is 0 Å². The van der Waals surface area contributed by atoms with Crippen molar-refractivity contribution in [1.29, 1.82) is 0 Å². The Kier molecular flexibility index (Phi) is 9.09. The van der Waals surface area contributed by atoms with Crippen molar-refractivity contribution < 1.29 is 14.7 Å². The highest BCUT2D eigenvalue weighted by Gasteiger charge is 2.03. The van der Waals surface area contributed by atoms with Gasteiger partial charge in [0.25, 0.3) is 0 Å². The van der Waals surface area contributed by atoms with E-state index < -0.39 is 5.97 Å². The first-order chi connectivity index (χ1) is 10.1. The first kappa shape index (κ1) is 18.0. The Balaban J connectivity index is 1.93. The van der Waals surface area contributed by atoms with Crippen LogP contribution < -0.4 is 5.32 Å². The molecule has 118 valence electrons. The lowest BCUT2D eigenvalue weighted by Gasteiger charge is -2.04. The second kappa shape index (κ2) is 10.6. The molecule has 0 fully saturated rings. The van der Waals surface area contributed by atoms with Gasteiger partial charge in [0.2, 0.25) is 5.91 Å². The van der Waals surface area contributed by atoms with E-state index in [0.717, 1.165) is 35.7 Å². The summed E-state index contributed by atoms with van der Waals surface area (Å²) in [6.07, 6.45) is 3.71. The molecule has 2 N–H and O–H groups in total. The number of thiazole rings is 1. The molecule has 0 bridgehead atoms. The van der Waals surface area contributed by atoms with Crippen molar-refractivity contribution in [1.82, 2.24) is 10.3 Å². The number of amides is 1. The molecular formula is C14H22N2O3S2. The lowest BCUT2D eigenvalue weighted by Crippen LogP contribution is -2.26. The Bertz CT molecular complexity index is 449. The lowest BCUT2D eigenvalue weighted by molar-refractivity contribution is -0.137. The molecule has 21 heavy (non-hydrogen) atoms. The summed E-state index contributed by atoms with van der Waals surface area (Å²) in [5.41, 5.74) is 1.04. The van der Waals surface area contributed by atoms with E-state index >= 15 is 0 Å². The maximum atomic E-state index is 11.6. The van der Waals surface area contributed by atoms with Gasteiger partial charge in [-0.15, -0.1) is 23.1 Å². The minimum absolute atomic E-state index is 0.0532. The number of unbranched alkanes of at least 4 members (excludes halogenated alkanes) is 3. The van der Waals surface area contributed by atoms with Crippen LogP contribution in [-0.4, -0.2) is 34.3 Å². The zero-order valence-corrected chi connectivity index (χ0v) is 13.9. The molecule has 0 saturated heterocycles. The Morgan fingerprint density at radius 1 is 1.33 bits per heavy atom. The highest BCUT2D eigenvalue weighted by molar-refractivity contribution is 7.99. The first-order valence-corrected chi connectivity index (χ1v) is 9.08. The average molecular weight is 330 g/mol. The normalized spacial score (nSPS) is 10.5. The van der Waals surface area contributed by atoms with E-state index in [4.69, 9.17) is 5.11 Å². The van der Waals surface area contributed by atoms with Crippen LogP contribution in [0.25, 0.3) is 0 Å². The van der Waals surface area contributed by atoms with Gasteiger partial charge in [-0.1, -0.05) is 12.8 Å². The fraction of sp³-hybridized carbons (Fsp3) is 0.643. The molecule has 1 amide bonds. The van der Waals surface area contributed by atoms with Gasteiger partial charge in [0.1, 0.15) is 0 Å². The number of nitrogens with one attached hydrogen (secondary N) is 1. The number of aromatic nitrogens is 1. The SMILES string of the molecule is Cc1nc(CSCC(=O)NCCCCCCC(=O)O)cs1. The summed E-state index contributed by atoms with van der Waals surface area (Å²) in [5, 5.41) is 14.5. The van der Waals surface area contributed by atoms with Crippen LogP contribution in [0.3, 0.4) is 0 Å². The number of thioether (sulfide) groups is 1. The number of rotatable bonds is 11. The lowest BCUT2D eigenvalue weighted by atomic mass is 10.1. The number of carboxylic acid groups (broad SMARTS) is 1. The van der Waals surface area contributed by atoms with Gasteiger partial charge in [-0.25, -0.2) is 4.98 Å². The van der Waals surface area contributed by atoms with Gasteiger partial charge in [-0.2, -0.15) is 0 Å². The van der Waals surface area contributed by atoms with Crippen molar-refractivity contribution in [2.24, 2.45) is 0 Å². The van der Waals surface area contributed by atoms with E-state index in [9.17, 15) is 9.59 Å². The fourth-order valence-corrected chi connectivity index (χ4v) is 3.22. The van der Waals surface area contributed by atoms with Gasteiger partial charge in [0.15, 0.2) is 0 Å². The van der Waals surface area contributed by atoms with Gasteiger partial charge in [0, 0.05) is 24.1 Å². The molecule has 0 aliphatic heterocycles. The number of carbonyl (C=O) groups excluding carboxylic acids is 1. The Morgan fingerprint density at radius 3 is 2.76 bits per heavy atom. The summed E-state index contributed by atoms with van der Waals surface area (Å²) in [6.45, 7) is 2.64.